The molecule has 0 amide bonds. The highest BCUT2D eigenvalue weighted by Crippen LogP contribution is 2.29. The van der Waals surface area contributed by atoms with Crippen molar-refractivity contribution in [3.8, 4) is 10.6 Å². The molecule has 132 valence electrons. The zero-order chi connectivity index (χ0) is 17.8. The molecule has 0 saturated heterocycles. The van der Waals surface area contributed by atoms with Gasteiger partial charge in [0.1, 0.15) is 5.01 Å². The largest absolute Gasteiger partial charge is 0.416 e. The second kappa shape index (κ2) is 8.16. The van der Waals surface area contributed by atoms with E-state index in [9.17, 15) is 0 Å². The van der Waals surface area contributed by atoms with E-state index in [0.717, 1.165) is 22.9 Å². The van der Waals surface area contributed by atoms with Crippen molar-refractivity contribution in [2.45, 2.75) is 30.2 Å². The van der Waals surface area contributed by atoms with Crippen molar-refractivity contribution in [2.24, 2.45) is 0 Å². The van der Waals surface area contributed by atoms with Gasteiger partial charge in [-0.3, -0.25) is 0 Å². The first-order valence-corrected chi connectivity index (χ1v) is 11.1. The Morgan fingerprint density at radius 1 is 1.12 bits per heavy atom. The summed E-state index contributed by atoms with van der Waals surface area (Å²) in [5.41, 5.74) is 3.51. The standard InChI is InChI=1S/C19H17N3OS3/c1-13(14-5-3-2-4-6-14)9-17-21-22-19(23-17)26-12-16-11-25-18(20-16)15-7-8-24-10-15/h2-8,10-11,13H,9,12H2,1H3. The molecule has 4 aromatic rings. The normalized spacial score (nSPS) is 12.3. The Hall–Kier alpha value is -1.96. The van der Waals surface area contributed by atoms with E-state index in [0.29, 0.717) is 17.0 Å². The van der Waals surface area contributed by atoms with Crippen molar-refractivity contribution in [1.82, 2.24) is 15.2 Å². The van der Waals surface area contributed by atoms with E-state index in [1.807, 2.05) is 6.07 Å². The van der Waals surface area contributed by atoms with Gasteiger partial charge < -0.3 is 4.42 Å². The summed E-state index contributed by atoms with van der Waals surface area (Å²) in [6, 6.07) is 12.5. The van der Waals surface area contributed by atoms with Gasteiger partial charge in [0.05, 0.1) is 5.69 Å². The number of aromatic nitrogens is 3. The first kappa shape index (κ1) is 17.5. The summed E-state index contributed by atoms with van der Waals surface area (Å²) in [6.07, 6.45) is 0.747. The third-order valence-electron chi connectivity index (χ3n) is 3.96. The van der Waals surface area contributed by atoms with E-state index in [1.165, 1.54) is 22.9 Å². The molecular formula is C19H17N3OS3. The molecule has 0 saturated carbocycles. The SMILES string of the molecule is CC(Cc1nnc(SCc2csc(-c3ccsc3)n2)o1)c1ccccc1. The van der Waals surface area contributed by atoms with Crippen LogP contribution in [0, 0.1) is 0 Å². The van der Waals surface area contributed by atoms with Crippen molar-refractivity contribution >= 4 is 34.4 Å². The molecule has 7 heteroatoms. The number of rotatable bonds is 7. The molecule has 0 aliphatic heterocycles. The average molecular weight is 400 g/mol. The maximum Gasteiger partial charge on any atom is 0.276 e. The molecule has 0 aliphatic carbocycles. The first-order chi connectivity index (χ1) is 12.8. The zero-order valence-corrected chi connectivity index (χ0v) is 16.6. The minimum Gasteiger partial charge on any atom is -0.416 e. The Morgan fingerprint density at radius 2 is 2.00 bits per heavy atom. The van der Waals surface area contributed by atoms with Gasteiger partial charge in [0, 0.05) is 28.5 Å². The lowest BCUT2D eigenvalue weighted by Crippen LogP contribution is -1.98. The maximum atomic E-state index is 5.79. The first-order valence-electron chi connectivity index (χ1n) is 8.25. The molecule has 0 radical (unpaired) electrons. The van der Waals surface area contributed by atoms with Crippen LogP contribution in [-0.4, -0.2) is 15.2 Å². The Kier molecular flexibility index (Phi) is 5.48. The quantitative estimate of drug-likeness (QED) is 0.363. The summed E-state index contributed by atoms with van der Waals surface area (Å²) in [5.74, 6) is 1.76. The Balaban J connectivity index is 1.34. The highest BCUT2D eigenvalue weighted by molar-refractivity contribution is 7.98. The van der Waals surface area contributed by atoms with E-state index in [1.54, 1.807) is 22.7 Å². The van der Waals surface area contributed by atoms with Crippen molar-refractivity contribution in [2.75, 3.05) is 0 Å². The van der Waals surface area contributed by atoms with E-state index in [2.05, 4.69) is 68.6 Å². The molecule has 1 aromatic carbocycles. The van der Waals surface area contributed by atoms with Crippen molar-refractivity contribution in [1.29, 1.82) is 0 Å². The molecule has 0 spiro atoms. The van der Waals surface area contributed by atoms with Gasteiger partial charge in [-0.2, -0.15) is 11.3 Å². The van der Waals surface area contributed by atoms with E-state index >= 15 is 0 Å². The summed E-state index contributed by atoms with van der Waals surface area (Å²) in [5, 5.41) is 16.3. The monoisotopic (exact) mass is 399 g/mol. The van der Waals surface area contributed by atoms with Gasteiger partial charge in [0.15, 0.2) is 0 Å². The molecule has 3 aromatic heterocycles. The van der Waals surface area contributed by atoms with Crippen molar-refractivity contribution in [3.63, 3.8) is 0 Å². The molecule has 4 rings (SSSR count). The molecule has 3 heterocycles. The van der Waals surface area contributed by atoms with Gasteiger partial charge in [-0.25, -0.2) is 4.98 Å². The van der Waals surface area contributed by atoms with Gasteiger partial charge in [-0.05, 0) is 22.9 Å². The maximum absolute atomic E-state index is 5.79. The minimum atomic E-state index is 0.348. The van der Waals surface area contributed by atoms with Crippen LogP contribution in [0.3, 0.4) is 0 Å². The van der Waals surface area contributed by atoms with Crippen LogP contribution in [0.4, 0.5) is 0 Å². The van der Waals surface area contributed by atoms with Gasteiger partial charge in [-0.1, -0.05) is 49.0 Å². The van der Waals surface area contributed by atoms with Crippen LogP contribution in [-0.2, 0) is 12.2 Å². The number of thioether (sulfide) groups is 1. The predicted molar refractivity (Wildman–Crippen MR) is 108 cm³/mol. The lowest BCUT2D eigenvalue weighted by atomic mass is 9.98. The van der Waals surface area contributed by atoms with Gasteiger partial charge in [0.2, 0.25) is 5.89 Å². The van der Waals surface area contributed by atoms with Gasteiger partial charge >= 0.3 is 0 Å². The Morgan fingerprint density at radius 3 is 2.81 bits per heavy atom. The smallest absolute Gasteiger partial charge is 0.276 e. The summed E-state index contributed by atoms with van der Waals surface area (Å²) in [7, 11) is 0. The molecule has 0 fully saturated rings. The zero-order valence-electron chi connectivity index (χ0n) is 14.2. The lowest BCUT2D eigenvalue weighted by molar-refractivity contribution is 0.404. The molecule has 4 nitrogen and oxygen atoms in total. The van der Waals surface area contributed by atoms with Crippen LogP contribution >= 0.6 is 34.4 Å². The molecule has 1 unspecified atom stereocenters. The van der Waals surface area contributed by atoms with Crippen LogP contribution in [0.1, 0.15) is 30.0 Å². The molecule has 0 N–H and O–H groups in total. The summed E-state index contributed by atoms with van der Waals surface area (Å²) < 4.78 is 5.79. The highest BCUT2D eigenvalue weighted by Gasteiger charge is 2.13. The summed E-state index contributed by atoms with van der Waals surface area (Å²) in [6.45, 7) is 2.17. The van der Waals surface area contributed by atoms with E-state index < -0.39 is 0 Å². The van der Waals surface area contributed by atoms with Gasteiger partial charge in [0.25, 0.3) is 5.22 Å². The van der Waals surface area contributed by atoms with Gasteiger partial charge in [-0.15, -0.1) is 21.5 Å². The number of hydrogen-bond acceptors (Lipinski definition) is 7. The Bertz CT molecular complexity index is 948. The fourth-order valence-corrected chi connectivity index (χ4v) is 4.88. The second-order valence-electron chi connectivity index (χ2n) is 5.92. The number of hydrogen-bond donors (Lipinski definition) is 0. The van der Waals surface area contributed by atoms with E-state index in [4.69, 9.17) is 4.42 Å². The lowest BCUT2D eigenvalue weighted by Gasteiger charge is -2.08. The van der Waals surface area contributed by atoms with Crippen LogP contribution in [0.25, 0.3) is 10.6 Å². The average Bonchev–Trinajstić information content (AvgIpc) is 3.42. The van der Waals surface area contributed by atoms with Crippen molar-refractivity contribution < 1.29 is 4.42 Å². The van der Waals surface area contributed by atoms with E-state index in [-0.39, 0.29) is 0 Å². The summed E-state index contributed by atoms with van der Waals surface area (Å²) >= 11 is 4.89. The molecule has 1 atom stereocenters. The van der Waals surface area contributed by atoms with Crippen LogP contribution < -0.4 is 0 Å². The van der Waals surface area contributed by atoms with Crippen LogP contribution in [0.15, 0.2) is 62.2 Å². The molecular weight excluding hydrogens is 382 g/mol. The highest BCUT2D eigenvalue weighted by atomic mass is 32.2. The second-order valence-corrected chi connectivity index (χ2v) is 8.49. The van der Waals surface area contributed by atoms with Crippen molar-refractivity contribution in [3.05, 3.63) is 69.7 Å². The fraction of sp³-hybridized carbons (Fsp3) is 0.211. The van der Waals surface area contributed by atoms with Crippen LogP contribution in [0.2, 0.25) is 0 Å². The number of thiazole rings is 1. The number of benzene rings is 1. The van der Waals surface area contributed by atoms with Crippen LogP contribution in [0.5, 0.6) is 0 Å². The molecule has 26 heavy (non-hydrogen) atoms. The number of thiophene rings is 1. The third-order valence-corrected chi connectivity index (χ3v) is 6.44. The molecule has 0 aliphatic rings. The predicted octanol–water partition coefficient (Wildman–Crippen LogP) is 5.89. The number of nitrogens with zero attached hydrogens (tertiary/aromatic N) is 3. The minimum absolute atomic E-state index is 0.348. The fourth-order valence-electron chi connectivity index (χ4n) is 2.57. The topological polar surface area (TPSA) is 51.8 Å². The Labute approximate surface area is 164 Å². The molecule has 0 bridgehead atoms. The third kappa shape index (κ3) is 4.23. The summed E-state index contributed by atoms with van der Waals surface area (Å²) in [4.78, 5) is 4.68.